The van der Waals surface area contributed by atoms with Crippen LogP contribution >= 0.6 is 0 Å². The van der Waals surface area contributed by atoms with Gasteiger partial charge in [-0.15, -0.1) is 10.2 Å². The summed E-state index contributed by atoms with van der Waals surface area (Å²) in [6.07, 6.45) is 0.541. The molecule has 9 heteroatoms. The number of rotatable bonds is 5. The number of hydrogen-bond donors (Lipinski definition) is 3. The lowest BCUT2D eigenvalue weighted by Crippen LogP contribution is -2.25. The molecule has 0 aliphatic carbocycles. The first-order valence-corrected chi connectivity index (χ1v) is 6.11. The summed E-state index contributed by atoms with van der Waals surface area (Å²) in [5.41, 5.74) is 0.989. The number of carbonyl (C=O) groups excluding carboxylic acids is 1. The lowest BCUT2D eigenvalue weighted by Gasteiger charge is -2.05. The Balaban J connectivity index is 1.89. The number of aromatic nitrogens is 6. The van der Waals surface area contributed by atoms with Gasteiger partial charge in [-0.25, -0.2) is 4.98 Å². The number of amides is 1. The second-order valence-corrected chi connectivity index (χ2v) is 4.32. The van der Waals surface area contributed by atoms with Crippen molar-refractivity contribution in [2.24, 2.45) is 0 Å². The average molecular weight is 277 g/mol. The Hall–Kier alpha value is -2.58. The highest BCUT2D eigenvalue weighted by Gasteiger charge is 2.10. The molecule has 0 aromatic carbocycles. The molecule has 0 fully saturated rings. The van der Waals surface area contributed by atoms with Gasteiger partial charge in [-0.3, -0.25) is 9.59 Å². The number of nitrogens with zero attached hydrogens (tertiary/aromatic N) is 4. The van der Waals surface area contributed by atoms with Crippen molar-refractivity contribution in [2.75, 3.05) is 0 Å². The van der Waals surface area contributed by atoms with Gasteiger partial charge in [-0.2, -0.15) is 5.21 Å². The zero-order valence-corrected chi connectivity index (χ0v) is 11.2. The molecule has 2 aromatic rings. The van der Waals surface area contributed by atoms with Crippen molar-refractivity contribution in [1.82, 2.24) is 35.9 Å². The standard InChI is InChI=1S/C11H15N7O2/c1-6-8(11(20)14-7(2)13-6)3-4-10(19)12-5-9-15-17-18-16-9/h3-5H2,1-2H3,(H,12,19)(H,13,14,20)(H,15,16,17,18). The molecular formula is C11H15N7O2. The minimum atomic E-state index is -0.194. The van der Waals surface area contributed by atoms with Crippen molar-refractivity contribution >= 4 is 5.91 Å². The zero-order chi connectivity index (χ0) is 14.5. The van der Waals surface area contributed by atoms with Gasteiger partial charge in [0.25, 0.3) is 5.56 Å². The SMILES string of the molecule is Cc1nc(C)c(CCC(=O)NCc2nn[nH]n2)c(=O)[nH]1. The normalized spacial score (nSPS) is 10.5. The first kappa shape index (κ1) is 13.8. The molecule has 106 valence electrons. The fraction of sp³-hybridized carbons (Fsp3) is 0.455. The monoisotopic (exact) mass is 277 g/mol. The molecule has 0 radical (unpaired) electrons. The van der Waals surface area contributed by atoms with Crippen LogP contribution in [0.1, 0.15) is 29.3 Å². The van der Waals surface area contributed by atoms with E-state index in [-0.39, 0.29) is 24.4 Å². The van der Waals surface area contributed by atoms with E-state index in [1.54, 1.807) is 13.8 Å². The first-order valence-electron chi connectivity index (χ1n) is 6.11. The predicted molar refractivity (Wildman–Crippen MR) is 68.7 cm³/mol. The van der Waals surface area contributed by atoms with Gasteiger partial charge in [0.15, 0.2) is 5.82 Å². The van der Waals surface area contributed by atoms with Gasteiger partial charge in [-0.05, 0) is 20.3 Å². The van der Waals surface area contributed by atoms with E-state index in [1.165, 1.54) is 0 Å². The Bertz CT molecular complexity index is 647. The molecule has 0 bridgehead atoms. The number of H-pyrrole nitrogens is 2. The summed E-state index contributed by atoms with van der Waals surface area (Å²) in [4.78, 5) is 30.2. The molecule has 0 saturated heterocycles. The molecule has 0 spiro atoms. The molecule has 0 atom stereocenters. The Morgan fingerprint density at radius 3 is 2.80 bits per heavy atom. The summed E-state index contributed by atoms with van der Waals surface area (Å²) >= 11 is 0. The van der Waals surface area contributed by atoms with Gasteiger partial charge in [0.2, 0.25) is 5.91 Å². The van der Waals surface area contributed by atoms with E-state index in [2.05, 4.69) is 35.9 Å². The second-order valence-electron chi connectivity index (χ2n) is 4.32. The molecule has 2 rings (SSSR count). The molecule has 9 nitrogen and oxygen atoms in total. The van der Waals surface area contributed by atoms with E-state index in [9.17, 15) is 9.59 Å². The van der Waals surface area contributed by atoms with Crippen molar-refractivity contribution in [3.05, 3.63) is 33.3 Å². The average Bonchev–Trinajstić information content (AvgIpc) is 2.88. The Kier molecular flexibility index (Phi) is 4.18. The summed E-state index contributed by atoms with van der Waals surface area (Å²) in [7, 11) is 0. The van der Waals surface area contributed by atoms with E-state index in [0.717, 1.165) is 0 Å². The van der Waals surface area contributed by atoms with Crippen LogP contribution in [-0.2, 0) is 17.8 Å². The minimum Gasteiger partial charge on any atom is -0.349 e. The van der Waals surface area contributed by atoms with E-state index in [0.29, 0.717) is 29.3 Å². The Morgan fingerprint density at radius 2 is 2.15 bits per heavy atom. The fourth-order valence-corrected chi connectivity index (χ4v) is 1.81. The number of carbonyl (C=O) groups is 1. The Labute approximate surface area is 114 Å². The third-order valence-electron chi connectivity index (χ3n) is 2.78. The fourth-order valence-electron chi connectivity index (χ4n) is 1.81. The van der Waals surface area contributed by atoms with Crippen molar-refractivity contribution in [3.63, 3.8) is 0 Å². The zero-order valence-electron chi connectivity index (χ0n) is 11.2. The topological polar surface area (TPSA) is 129 Å². The van der Waals surface area contributed by atoms with Crippen molar-refractivity contribution in [2.45, 2.75) is 33.2 Å². The van der Waals surface area contributed by atoms with E-state index >= 15 is 0 Å². The minimum absolute atomic E-state index is 0.186. The van der Waals surface area contributed by atoms with Crippen LogP contribution in [0, 0.1) is 13.8 Å². The van der Waals surface area contributed by atoms with E-state index in [4.69, 9.17) is 0 Å². The van der Waals surface area contributed by atoms with Gasteiger partial charge < -0.3 is 10.3 Å². The lowest BCUT2D eigenvalue weighted by molar-refractivity contribution is -0.121. The van der Waals surface area contributed by atoms with Gasteiger partial charge in [0, 0.05) is 17.7 Å². The molecule has 0 unspecified atom stereocenters. The van der Waals surface area contributed by atoms with Gasteiger partial charge in [-0.1, -0.05) is 5.21 Å². The first-order chi connectivity index (χ1) is 9.56. The number of aryl methyl sites for hydroxylation is 2. The van der Waals surface area contributed by atoms with Crippen LogP contribution in [0.2, 0.25) is 0 Å². The largest absolute Gasteiger partial charge is 0.349 e. The highest BCUT2D eigenvalue weighted by Crippen LogP contribution is 2.02. The third kappa shape index (κ3) is 3.46. The third-order valence-corrected chi connectivity index (χ3v) is 2.78. The predicted octanol–water partition coefficient (Wildman–Crippen LogP) is -0.851. The molecule has 0 aliphatic rings. The maximum Gasteiger partial charge on any atom is 0.254 e. The van der Waals surface area contributed by atoms with Crippen molar-refractivity contribution < 1.29 is 4.79 Å². The summed E-state index contributed by atoms with van der Waals surface area (Å²) < 4.78 is 0. The van der Waals surface area contributed by atoms with Crippen LogP contribution in [0.4, 0.5) is 0 Å². The van der Waals surface area contributed by atoms with Crippen molar-refractivity contribution in [1.29, 1.82) is 0 Å². The molecule has 0 aliphatic heterocycles. The van der Waals surface area contributed by atoms with Gasteiger partial charge >= 0.3 is 0 Å². The van der Waals surface area contributed by atoms with Crippen LogP contribution in [0.15, 0.2) is 4.79 Å². The maximum atomic E-state index is 11.8. The second kappa shape index (κ2) is 6.04. The smallest absolute Gasteiger partial charge is 0.254 e. The Morgan fingerprint density at radius 1 is 1.35 bits per heavy atom. The van der Waals surface area contributed by atoms with Gasteiger partial charge in [0.05, 0.1) is 6.54 Å². The van der Waals surface area contributed by atoms with Crippen LogP contribution in [0.25, 0.3) is 0 Å². The van der Waals surface area contributed by atoms with Crippen LogP contribution in [0.3, 0.4) is 0 Å². The van der Waals surface area contributed by atoms with E-state index < -0.39 is 0 Å². The molecule has 2 heterocycles. The molecule has 20 heavy (non-hydrogen) atoms. The lowest BCUT2D eigenvalue weighted by atomic mass is 10.1. The quantitative estimate of drug-likeness (QED) is 0.652. The van der Waals surface area contributed by atoms with Gasteiger partial charge in [0.1, 0.15) is 5.82 Å². The molecule has 2 aromatic heterocycles. The summed E-state index contributed by atoms with van der Waals surface area (Å²) in [5.74, 6) is 0.788. The summed E-state index contributed by atoms with van der Waals surface area (Å²) in [6.45, 7) is 3.68. The summed E-state index contributed by atoms with van der Waals surface area (Å²) in [5, 5.41) is 15.8. The highest BCUT2D eigenvalue weighted by atomic mass is 16.1. The van der Waals surface area contributed by atoms with Crippen LogP contribution < -0.4 is 10.9 Å². The molecular weight excluding hydrogens is 262 g/mol. The number of tetrazole rings is 1. The number of aromatic amines is 2. The number of hydrogen-bond acceptors (Lipinski definition) is 6. The van der Waals surface area contributed by atoms with Crippen molar-refractivity contribution in [3.8, 4) is 0 Å². The maximum absolute atomic E-state index is 11.8. The highest BCUT2D eigenvalue weighted by molar-refractivity contribution is 5.76. The van der Waals surface area contributed by atoms with Crippen LogP contribution in [-0.4, -0.2) is 36.5 Å². The van der Waals surface area contributed by atoms with E-state index in [1.807, 2.05) is 0 Å². The summed E-state index contributed by atoms with van der Waals surface area (Å²) in [6, 6.07) is 0. The molecule has 0 saturated carbocycles. The number of nitrogens with one attached hydrogen (secondary N) is 3. The molecule has 1 amide bonds. The molecule has 3 N–H and O–H groups in total. The van der Waals surface area contributed by atoms with Crippen LogP contribution in [0.5, 0.6) is 0 Å².